The summed E-state index contributed by atoms with van der Waals surface area (Å²) in [6, 6.07) is 7.37. The maximum atomic E-state index is 5.91. The van der Waals surface area contributed by atoms with Gasteiger partial charge in [0, 0.05) is 50.9 Å². The van der Waals surface area contributed by atoms with Gasteiger partial charge in [-0.1, -0.05) is 23.2 Å². The molecule has 1 aromatic heterocycles. The number of methoxy groups -OCH3 is 1. The predicted octanol–water partition coefficient (Wildman–Crippen LogP) is 3.30. The Balaban J connectivity index is 1.44. The number of aromatic nitrogens is 2. The van der Waals surface area contributed by atoms with E-state index in [-0.39, 0.29) is 0 Å². The molecule has 1 aromatic carbocycles. The number of benzene rings is 1. The highest BCUT2D eigenvalue weighted by Crippen LogP contribution is 2.43. The van der Waals surface area contributed by atoms with E-state index in [0.717, 1.165) is 31.1 Å². The van der Waals surface area contributed by atoms with Crippen molar-refractivity contribution in [3.05, 3.63) is 35.2 Å². The largest absolute Gasteiger partial charge is 0.385 e. The topological polar surface area (TPSA) is 84.6 Å². The molecule has 1 aliphatic carbocycles. The number of nitrogens with zero attached hydrogens (tertiary/aromatic N) is 3. The van der Waals surface area contributed by atoms with Gasteiger partial charge in [-0.25, -0.2) is 0 Å². The van der Waals surface area contributed by atoms with E-state index >= 15 is 0 Å². The molecule has 0 unspecified atom stereocenters. The molecule has 2 N–H and O–H groups in total. The van der Waals surface area contributed by atoms with E-state index in [0.29, 0.717) is 35.1 Å². The summed E-state index contributed by atoms with van der Waals surface area (Å²) in [7, 11) is 3.54. The number of guanidine groups is 1. The van der Waals surface area contributed by atoms with Gasteiger partial charge in [-0.15, -0.1) is 0 Å². The first-order valence-corrected chi connectivity index (χ1v) is 10.0. The number of aliphatic imine (C=N–C) groups is 1. The first-order chi connectivity index (χ1) is 13.6. The third kappa shape index (κ3) is 5.45. The molecule has 0 spiro atoms. The maximum absolute atomic E-state index is 5.91. The average Bonchev–Trinajstić information content (AvgIpc) is 3.14. The van der Waals surface area contributed by atoms with E-state index in [9.17, 15) is 0 Å². The van der Waals surface area contributed by atoms with Crippen LogP contribution in [0.15, 0.2) is 33.8 Å². The van der Waals surface area contributed by atoms with Crippen LogP contribution >= 0.6 is 11.6 Å². The second-order valence-electron chi connectivity index (χ2n) is 7.22. The van der Waals surface area contributed by atoms with Gasteiger partial charge in [0.2, 0.25) is 11.7 Å². The van der Waals surface area contributed by atoms with E-state index in [1.54, 1.807) is 14.2 Å². The van der Waals surface area contributed by atoms with Gasteiger partial charge in [0.15, 0.2) is 5.96 Å². The molecular weight excluding hydrogens is 378 g/mol. The van der Waals surface area contributed by atoms with E-state index in [1.165, 1.54) is 19.3 Å². The minimum absolute atomic E-state index is 0.341. The summed E-state index contributed by atoms with van der Waals surface area (Å²) < 4.78 is 10.6. The molecule has 1 heterocycles. The van der Waals surface area contributed by atoms with Gasteiger partial charge in [0.05, 0.1) is 0 Å². The third-order valence-corrected chi connectivity index (χ3v) is 5.56. The molecule has 1 saturated carbocycles. The molecule has 1 aliphatic rings. The lowest BCUT2D eigenvalue weighted by Gasteiger charge is -2.42. The lowest BCUT2D eigenvalue weighted by atomic mass is 9.67. The molecule has 152 valence electrons. The SMILES string of the molecule is CN=C(NCCc1nc(-c2ccc(Cl)cc2)no1)NCC1(CCOC)CCC1. The monoisotopic (exact) mass is 405 g/mol. The lowest BCUT2D eigenvalue weighted by Crippen LogP contribution is -2.47. The molecule has 8 heteroatoms. The third-order valence-electron chi connectivity index (χ3n) is 5.31. The Morgan fingerprint density at radius 3 is 2.71 bits per heavy atom. The van der Waals surface area contributed by atoms with Crippen molar-refractivity contribution in [3.8, 4) is 11.4 Å². The van der Waals surface area contributed by atoms with Crippen LogP contribution in [0.2, 0.25) is 5.02 Å². The smallest absolute Gasteiger partial charge is 0.228 e. The van der Waals surface area contributed by atoms with Gasteiger partial charge in [0.25, 0.3) is 0 Å². The molecule has 3 rings (SSSR count). The Kier molecular flexibility index (Phi) is 7.28. The predicted molar refractivity (Wildman–Crippen MR) is 111 cm³/mol. The summed E-state index contributed by atoms with van der Waals surface area (Å²) in [6.45, 7) is 2.38. The molecule has 0 bridgehead atoms. The van der Waals surface area contributed by atoms with E-state index in [1.807, 2.05) is 24.3 Å². The minimum atomic E-state index is 0.341. The first-order valence-electron chi connectivity index (χ1n) is 9.66. The van der Waals surface area contributed by atoms with Crippen LogP contribution in [0.5, 0.6) is 0 Å². The van der Waals surface area contributed by atoms with Crippen LogP contribution in [-0.2, 0) is 11.2 Å². The zero-order valence-corrected chi connectivity index (χ0v) is 17.3. The van der Waals surface area contributed by atoms with Gasteiger partial charge >= 0.3 is 0 Å². The summed E-state index contributed by atoms with van der Waals surface area (Å²) in [4.78, 5) is 8.75. The number of nitrogens with one attached hydrogen (secondary N) is 2. The number of ether oxygens (including phenoxy) is 1. The number of hydrogen-bond donors (Lipinski definition) is 2. The van der Waals surface area contributed by atoms with Crippen LogP contribution in [-0.4, -0.2) is 50.0 Å². The van der Waals surface area contributed by atoms with Crippen molar-refractivity contribution in [3.63, 3.8) is 0 Å². The highest BCUT2D eigenvalue weighted by atomic mass is 35.5. The number of hydrogen-bond acceptors (Lipinski definition) is 5. The van der Waals surface area contributed by atoms with Gasteiger partial charge < -0.3 is 19.9 Å². The minimum Gasteiger partial charge on any atom is -0.385 e. The van der Waals surface area contributed by atoms with Crippen molar-refractivity contribution < 1.29 is 9.26 Å². The van der Waals surface area contributed by atoms with Gasteiger partial charge in [-0.2, -0.15) is 4.98 Å². The second-order valence-corrected chi connectivity index (χ2v) is 7.65. The van der Waals surface area contributed by atoms with Crippen LogP contribution in [0, 0.1) is 5.41 Å². The molecule has 0 aliphatic heterocycles. The zero-order valence-electron chi connectivity index (χ0n) is 16.5. The van der Waals surface area contributed by atoms with Crippen LogP contribution in [0.25, 0.3) is 11.4 Å². The average molecular weight is 406 g/mol. The molecule has 0 radical (unpaired) electrons. The fourth-order valence-corrected chi connectivity index (χ4v) is 3.49. The molecule has 1 fully saturated rings. The summed E-state index contributed by atoms with van der Waals surface area (Å²) in [5, 5.41) is 11.5. The Labute approximate surface area is 170 Å². The van der Waals surface area contributed by atoms with Crippen molar-refractivity contribution >= 4 is 17.6 Å². The molecular formula is C20H28ClN5O2. The van der Waals surface area contributed by atoms with E-state index in [2.05, 4.69) is 25.8 Å². The summed E-state index contributed by atoms with van der Waals surface area (Å²) in [5.41, 5.74) is 1.22. The molecule has 0 atom stereocenters. The van der Waals surface area contributed by atoms with Crippen LogP contribution in [0.1, 0.15) is 31.6 Å². The molecule has 0 amide bonds. The van der Waals surface area contributed by atoms with Crippen LogP contribution in [0.3, 0.4) is 0 Å². The number of rotatable bonds is 9. The Hall–Kier alpha value is -2.12. The van der Waals surface area contributed by atoms with Crippen molar-refractivity contribution in [1.82, 2.24) is 20.8 Å². The Morgan fingerprint density at radius 2 is 2.07 bits per heavy atom. The highest BCUT2D eigenvalue weighted by molar-refractivity contribution is 6.30. The summed E-state index contributed by atoms with van der Waals surface area (Å²) >= 11 is 5.91. The van der Waals surface area contributed by atoms with Crippen molar-refractivity contribution in [2.24, 2.45) is 10.4 Å². The summed E-state index contributed by atoms with van der Waals surface area (Å²) in [5.74, 6) is 1.95. The molecule has 28 heavy (non-hydrogen) atoms. The van der Waals surface area contributed by atoms with E-state index in [4.69, 9.17) is 20.9 Å². The van der Waals surface area contributed by atoms with Gasteiger partial charge in [-0.05, 0) is 48.9 Å². The molecule has 7 nitrogen and oxygen atoms in total. The Bertz CT molecular complexity index is 771. The van der Waals surface area contributed by atoms with Crippen LogP contribution in [0.4, 0.5) is 0 Å². The summed E-state index contributed by atoms with van der Waals surface area (Å²) in [6.07, 6.45) is 5.50. The zero-order chi connectivity index (χ0) is 19.8. The van der Waals surface area contributed by atoms with E-state index < -0.39 is 0 Å². The first kappa shape index (κ1) is 20.6. The Morgan fingerprint density at radius 1 is 1.29 bits per heavy atom. The maximum Gasteiger partial charge on any atom is 0.228 e. The highest BCUT2D eigenvalue weighted by Gasteiger charge is 2.36. The van der Waals surface area contributed by atoms with Gasteiger partial charge in [0.1, 0.15) is 0 Å². The van der Waals surface area contributed by atoms with Crippen molar-refractivity contribution in [2.45, 2.75) is 32.1 Å². The molecule has 0 saturated heterocycles. The van der Waals surface area contributed by atoms with Crippen LogP contribution < -0.4 is 10.6 Å². The standard InChI is InChI=1S/C20H28ClN5O2/c1-22-19(24-14-20(9-3-10-20)11-13-27-2)23-12-8-17-25-18(26-28-17)15-4-6-16(21)7-5-15/h4-7H,3,8-14H2,1-2H3,(H2,22,23,24). The lowest BCUT2D eigenvalue weighted by molar-refractivity contribution is 0.0732. The fraction of sp³-hybridized carbons (Fsp3) is 0.550. The van der Waals surface area contributed by atoms with Crippen molar-refractivity contribution in [2.75, 3.05) is 33.9 Å². The normalized spacial score (nSPS) is 15.9. The number of halogens is 1. The molecule has 2 aromatic rings. The fourth-order valence-electron chi connectivity index (χ4n) is 3.36. The quantitative estimate of drug-likeness (QED) is 0.492. The van der Waals surface area contributed by atoms with Crippen molar-refractivity contribution in [1.29, 1.82) is 0 Å². The van der Waals surface area contributed by atoms with Gasteiger partial charge in [-0.3, -0.25) is 4.99 Å². The second kappa shape index (κ2) is 9.89.